The van der Waals surface area contributed by atoms with Gasteiger partial charge < -0.3 is 19.2 Å². The van der Waals surface area contributed by atoms with Crippen molar-refractivity contribution in [3.8, 4) is 5.75 Å². The maximum Gasteiger partial charge on any atom is 0.360 e. The van der Waals surface area contributed by atoms with Crippen molar-refractivity contribution in [3.63, 3.8) is 0 Å². The molecule has 1 aliphatic rings. The van der Waals surface area contributed by atoms with Gasteiger partial charge in [0.05, 0.1) is 13.7 Å². The molecule has 1 saturated carbocycles. The molecule has 3 rings (SSSR count). The van der Waals surface area contributed by atoms with Gasteiger partial charge in [0.15, 0.2) is 5.69 Å². The van der Waals surface area contributed by atoms with Crippen molar-refractivity contribution in [2.75, 3.05) is 19.0 Å². The number of anilines is 1. The molecule has 1 fully saturated rings. The lowest BCUT2D eigenvalue weighted by Crippen LogP contribution is -2.08. The first kappa shape index (κ1) is 15.4. The SMILES string of the molecule is COC(=O)c1coc(C(C)Nc2ccc(OCC3CC3)cc2)n1. The Morgan fingerprint density at radius 2 is 2.13 bits per heavy atom. The van der Waals surface area contributed by atoms with E-state index in [1.807, 2.05) is 31.2 Å². The third-order valence-electron chi connectivity index (χ3n) is 3.71. The van der Waals surface area contributed by atoms with Crippen molar-refractivity contribution in [3.05, 3.63) is 42.1 Å². The number of aromatic nitrogens is 1. The van der Waals surface area contributed by atoms with E-state index in [4.69, 9.17) is 9.15 Å². The lowest BCUT2D eigenvalue weighted by atomic mass is 10.2. The van der Waals surface area contributed by atoms with Crippen molar-refractivity contribution < 1.29 is 18.7 Å². The molecule has 0 radical (unpaired) electrons. The zero-order valence-corrected chi connectivity index (χ0v) is 13.2. The summed E-state index contributed by atoms with van der Waals surface area (Å²) < 4.78 is 15.6. The van der Waals surface area contributed by atoms with Crippen LogP contribution in [0.1, 0.15) is 42.2 Å². The Labute approximate surface area is 134 Å². The predicted octanol–water partition coefficient (Wildman–Crippen LogP) is 3.42. The number of ether oxygens (including phenoxy) is 2. The van der Waals surface area contributed by atoms with Gasteiger partial charge in [0.2, 0.25) is 5.89 Å². The quantitative estimate of drug-likeness (QED) is 0.789. The fraction of sp³-hybridized carbons (Fsp3) is 0.412. The van der Waals surface area contributed by atoms with Crippen molar-refractivity contribution in [1.82, 2.24) is 4.98 Å². The first-order valence-corrected chi connectivity index (χ1v) is 7.69. The molecule has 1 aromatic carbocycles. The number of methoxy groups -OCH3 is 1. The van der Waals surface area contributed by atoms with Crippen LogP contribution in [0, 0.1) is 5.92 Å². The number of rotatable bonds is 7. The van der Waals surface area contributed by atoms with Gasteiger partial charge in [-0.3, -0.25) is 0 Å². The standard InChI is InChI=1S/C17H20N2O4/c1-11(16-19-15(10-23-16)17(20)21-2)18-13-5-7-14(8-6-13)22-9-12-3-4-12/h5-8,10-12,18H,3-4,9H2,1-2H3. The lowest BCUT2D eigenvalue weighted by molar-refractivity contribution is 0.0594. The monoisotopic (exact) mass is 316 g/mol. The maximum atomic E-state index is 11.4. The Kier molecular flexibility index (Phi) is 4.50. The normalized spacial score (nSPS) is 15.0. The maximum absolute atomic E-state index is 11.4. The average molecular weight is 316 g/mol. The van der Waals surface area contributed by atoms with Crippen LogP contribution in [0.4, 0.5) is 5.69 Å². The van der Waals surface area contributed by atoms with Crippen LogP contribution in [0.2, 0.25) is 0 Å². The minimum Gasteiger partial charge on any atom is -0.493 e. The molecule has 1 aromatic heterocycles. The van der Waals surface area contributed by atoms with Crippen molar-refractivity contribution >= 4 is 11.7 Å². The second-order valence-electron chi connectivity index (χ2n) is 5.71. The molecule has 0 spiro atoms. The Morgan fingerprint density at radius 3 is 2.78 bits per heavy atom. The summed E-state index contributed by atoms with van der Waals surface area (Å²) in [6.07, 6.45) is 3.86. The Balaban J connectivity index is 1.57. The van der Waals surface area contributed by atoms with E-state index in [-0.39, 0.29) is 11.7 Å². The molecule has 1 aliphatic carbocycles. The van der Waals surface area contributed by atoms with E-state index in [1.165, 1.54) is 26.2 Å². The summed E-state index contributed by atoms with van der Waals surface area (Å²) in [5.74, 6) is 1.53. The summed E-state index contributed by atoms with van der Waals surface area (Å²) in [5, 5.41) is 3.27. The predicted molar refractivity (Wildman–Crippen MR) is 84.5 cm³/mol. The molecular weight excluding hydrogens is 296 g/mol. The summed E-state index contributed by atoms with van der Waals surface area (Å²) >= 11 is 0. The molecule has 1 unspecified atom stereocenters. The van der Waals surface area contributed by atoms with E-state index in [2.05, 4.69) is 15.0 Å². The highest BCUT2D eigenvalue weighted by atomic mass is 16.5. The molecule has 0 amide bonds. The molecule has 1 N–H and O–H groups in total. The molecule has 6 nitrogen and oxygen atoms in total. The van der Waals surface area contributed by atoms with Crippen molar-refractivity contribution in [1.29, 1.82) is 0 Å². The molecule has 122 valence electrons. The van der Waals surface area contributed by atoms with Gasteiger partial charge in [0.1, 0.15) is 18.1 Å². The summed E-state index contributed by atoms with van der Waals surface area (Å²) in [6.45, 7) is 2.71. The van der Waals surface area contributed by atoms with Crippen LogP contribution in [0.25, 0.3) is 0 Å². The molecule has 1 heterocycles. The Morgan fingerprint density at radius 1 is 1.39 bits per heavy atom. The minimum absolute atomic E-state index is 0.167. The van der Waals surface area contributed by atoms with Gasteiger partial charge in [-0.2, -0.15) is 0 Å². The molecule has 0 saturated heterocycles. The number of nitrogens with one attached hydrogen (secondary N) is 1. The van der Waals surface area contributed by atoms with E-state index < -0.39 is 5.97 Å². The first-order chi connectivity index (χ1) is 11.2. The Bertz CT molecular complexity index is 661. The van der Waals surface area contributed by atoms with Crippen LogP contribution >= 0.6 is 0 Å². The van der Waals surface area contributed by atoms with Crippen LogP contribution in [-0.4, -0.2) is 24.7 Å². The number of hydrogen-bond donors (Lipinski definition) is 1. The van der Waals surface area contributed by atoms with Gasteiger partial charge in [0.25, 0.3) is 0 Å². The second-order valence-corrected chi connectivity index (χ2v) is 5.71. The zero-order valence-electron chi connectivity index (χ0n) is 13.2. The van der Waals surface area contributed by atoms with Crippen LogP contribution < -0.4 is 10.1 Å². The van der Waals surface area contributed by atoms with Gasteiger partial charge in [-0.15, -0.1) is 0 Å². The number of esters is 1. The van der Waals surface area contributed by atoms with E-state index in [9.17, 15) is 4.79 Å². The molecule has 6 heteroatoms. The summed E-state index contributed by atoms with van der Waals surface area (Å²) in [4.78, 5) is 15.5. The molecule has 23 heavy (non-hydrogen) atoms. The molecule has 0 aliphatic heterocycles. The van der Waals surface area contributed by atoms with Crippen LogP contribution in [0.15, 0.2) is 34.9 Å². The smallest absolute Gasteiger partial charge is 0.360 e. The average Bonchev–Trinajstić information content (AvgIpc) is 3.27. The van der Waals surface area contributed by atoms with E-state index in [1.54, 1.807) is 0 Å². The molecule has 1 atom stereocenters. The summed E-state index contributed by atoms with van der Waals surface area (Å²) in [5.41, 5.74) is 1.09. The second kappa shape index (κ2) is 6.73. The van der Waals surface area contributed by atoms with Gasteiger partial charge >= 0.3 is 5.97 Å². The number of carbonyl (C=O) groups is 1. The van der Waals surface area contributed by atoms with Crippen LogP contribution in [0.3, 0.4) is 0 Å². The van der Waals surface area contributed by atoms with Gasteiger partial charge in [-0.05, 0) is 49.9 Å². The highest BCUT2D eigenvalue weighted by Crippen LogP contribution is 2.30. The van der Waals surface area contributed by atoms with Gasteiger partial charge in [0, 0.05) is 5.69 Å². The molecule has 2 aromatic rings. The lowest BCUT2D eigenvalue weighted by Gasteiger charge is -2.12. The van der Waals surface area contributed by atoms with Gasteiger partial charge in [-0.25, -0.2) is 9.78 Å². The fourth-order valence-corrected chi connectivity index (χ4v) is 2.14. The fourth-order valence-electron chi connectivity index (χ4n) is 2.14. The van der Waals surface area contributed by atoms with E-state index in [0.717, 1.165) is 24.0 Å². The third kappa shape index (κ3) is 4.03. The van der Waals surface area contributed by atoms with Crippen LogP contribution in [-0.2, 0) is 4.74 Å². The molecular formula is C17H20N2O4. The van der Waals surface area contributed by atoms with Crippen molar-refractivity contribution in [2.24, 2.45) is 5.92 Å². The largest absolute Gasteiger partial charge is 0.493 e. The minimum atomic E-state index is -0.510. The number of oxazole rings is 1. The van der Waals surface area contributed by atoms with Crippen molar-refractivity contribution in [2.45, 2.75) is 25.8 Å². The highest BCUT2D eigenvalue weighted by Gasteiger charge is 2.22. The Hall–Kier alpha value is -2.50. The molecule has 0 bridgehead atoms. The number of benzene rings is 1. The van der Waals surface area contributed by atoms with Crippen LogP contribution in [0.5, 0.6) is 5.75 Å². The van der Waals surface area contributed by atoms with Gasteiger partial charge in [-0.1, -0.05) is 0 Å². The number of hydrogen-bond acceptors (Lipinski definition) is 6. The van der Waals surface area contributed by atoms with E-state index >= 15 is 0 Å². The number of nitrogens with zero attached hydrogens (tertiary/aromatic N) is 1. The number of carbonyl (C=O) groups excluding carboxylic acids is 1. The zero-order chi connectivity index (χ0) is 16.2. The first-order valence-electron chi connectivity index (χ1n) is 7.69. The van der Waals surface area contributed by atoms with E-state index in [0.29, 0.717) is 5.89 Å². The summed E-state index contributed by atoms with van der Waals surface area (Å²) in [6, 6.07) is 7.59. The topological polar surface area (TPSA) is 73.6 Å². The summed E-state index contributed by atoms with van der Waals surface area (Å²) in [7, 11) is 1.31. The third-order valence-corrected chi connectivity index (χ3v) is 3.71. The highest BCUT2D eigenvalue weighted by molar-refractivity contribution is 5.86.